The van der Waals surface area contributed by atoms with Crippen LogP contribution in [0.15, 0.2) is 53.9 Å². The Morgan fingerprint density at radius 1 is 1.14 bits per heavy atom. The van der Waals surface area contributed by atoms with Crippen LogP contribution < -0.4 is 14.8 Å². The maximum absolute atomic E-state index is 12.2. The number of fused-ring (bicyclic) bond motifs is 1. The van der Waals surface area contributed by atoms with Crippen LogP contribution in [0, 0.1) is 0 Å². The van der Waals surface area contributed by atoms with Gasteiger partial charge in [0.2, 0.25) is 12.7 Å². The minimum absolute atomic E-state index is 0.228. The van der Waals surface area contributed by atoms with Gasteiger partial charge in [-0.3, -0.25) is 10.1 Å². The SMILES string of the molecule is CC(C)c1ccc(-c2csc(NC(=O)/C=C/c3ccc4c(c3)OCO4)n2)cc1. The van der Waals surface area contributed by atoms with Gasteiger partial charge in [0.25, 0.3) is 0 Å². The molecule has 0 bridgehead atoms. The predicted molar refractivity (Wildman–Crippen MR) is 112 cm³/mol. The Bertz CT molecular complexity index is 1020. The van der Waals surface area contributed by atoms with Gasteiger partial charge in [-0.2, -0.15) is 0 Å². The third-order valence-electron chi connectivity index (χ3n) is 4.43. The number of carbonyl (C=O) groups is 1. The molecule has 0 saturated carbocycles. The molecule has 2 aromatic carbocycles. The molecule has 2 heterocycles. The van der Waals surface area contributed by atoms with Gasteiger partial charge in [0.05, 0.1) is 5.69 Å². The van der Waals surface area contributed by atoms with Crippen molar-refractivity contribution in [3.63, 3.8) is 0 Å². The number of hydrogen-bond donors (Lipinski definition) is 1. The fourth-order valence-electron chi connectivity index (χ4n) is 2.84. The lowest BCUT2D eigenvalue weighted by molar-refractivity contribution is -0.111. The number of aromatic nitrogens is 1. The Morgan fingerprint density at radius 3 is 2.71 bits per heavy atom. The highest BCUT2D eigenvalue weighted by Crippen LogP contribution is 2.33. The van der Waals surface area contributed by atoms with Crippen molar-refractivity contribution >= 4 is 28.5 Å². The molecular formula is C22H20N2O3S. The number of amides is 1. The quantitative estimate of drug-likeness (QED) is 0.598. The van der Waals surface area contributed by atoms with Crippen molar-refractivity contribution in [2.45, 2.75) is 19.8 Å². The maximum Gasteiger partial charge on any atom is 0.250 e. The summed E-state index contributed by atoms with van der Waals surface area (Å²) < 4.78 is 10.6. The molecule has 4 rings (SSSR count). The second-order valence-electron chi connectivity index (χ2n) is 6.75. The highest BCUT2D eigenvalue weighted by atomic mass is 32.1. The maximum atomic E-state index is 12.2. The second-order valence-corrected chi connectivity index (χ2v) is 7.61. The molecular weight excluding hydrogens is 372 g/mol. The molecule has 3 aromatic rings. The number of rotatable bonds is 5. The van der Waals surface area contributed by atoms with Crippen LogP contribution in [-0.4, -0.2) is 17.7 Å². The van der Waals surface area contributed by atoms with E-state index in [4.69, 9.17) is 9.47 Å². The lowest BCUT2D eigenvalue weighted by Gasteiger charge is -2.05. The van der Waals surface area contributed by atoms with E-state index in [0.717, 1.165) is 22.6 Å². The van der Waals surface area contributed by atoms with Crippen molar-refractivity contribution in [2.24, 2.45) is 0 Å². The first-order chi connectivity index (χ1) is 13.6. The summed E-state index contributed by atoms with van der Waals surface area (Å²) in [7, 11) is 0. The second kappa shape index (κ2) is 7.86. The largest absolute Gasteiger partial charge is 0.454 e. The Hall–Kier alpha value is -3.12. The van der Waals surface area contributed by atoms with Gasteiger partial charge < -0.3 is 9.47 Å². The fraction of sp³-hybridized carbons (Fsp3) is 0.182. The molecule has 1 aromatic heterocycles. The number of benzene rings is 2. The standard InChI is InChI=1S/C22H20N2O3S/c1-14(2)16-5-7-17(8-6-16)18-12-28-22(23-18)24-21(25)10-4-15-3-9-19-20(11-15)27-13-26-19/h3-12,14H,13H2,1-2H3,(H,23,24,25)/b10-4+. The number of nitrogens with zero attached hydrogens (tertiary/aromatic N) is 1. The van der Waals surface area contributed by atoms with Crippen LogP contribution in [0.2, 0.25) is 0 Å². The summed E-state index contributed by atoms with van der Waals surface area (Å²) in [5.74, 6) is 1.68. The molecule has 28 heavy (non-hydrogen) atoms. The first-order valence-electron chi connectivity index (χ1n) is 9.03. The van der Waals surface area contributed by atoms with Crippen LogP contribution in [0.25, 0.3) is 17.3 Å². The summed E-state index contributed by atoms with van der Waals surface area (Å²) in [5.41, 5.74) is 4.05. The Labute approximate surface area is 167 Å². The smallest absolute Gasteiger partial charge is 0.250 e. The van der Waals surface area contributed by atoms with Crippen LogP contribution >= 0.6 is 11.3 Å². The van der Waals surface area contributed by atoms with E-state index in [1.54, 1.807) is 6.08 Å². The van der Waals surface area contributed by atoms with E-state index in [2.05, 4.69) is 48.4 Å². The summed E-state index contributed by atoms with van der Waals surface area (Å²) in [6, 6.07) is 13.9. The molecule has 6 heteroatoms. The molecule has 1 aliphatic rings. The number of carbonyl (C=O) groups excluding carboxylic acids is 1. The van der Waals surface area contributed by atoms with Crippen LogP contribution in [0.5, 0.6) is 11.5 Å². The van der Waals surface area contributed by atoms with Gasteiger partial charge in [-0.1, -0.05) is 44.2 Å². The molecule has 0 fully saturated rings. The topological polar surface area (TPSA) is 60.5 Å². The summed E-state index contributed by atoms with van der Waals surface area (Å²) in [4.78, 5) is 16.7. The third kappa shape index (κ3) is 4.07. The zero-order valence-corrected chi connectivity index (χ0v) is 16.5. The van der Waals surface area contributed by atoms with Gasteiger partial charge in [-0.15, -0.1) is 11.3 Å². The van der Waals surface area contributed by atoms with Crippen LogP contribution in [0.3, 0.4) is 0 Å². The number of anilines is 1. The average molecular weight is 392 g/mol. The normalized spacial score (nSPS) is 12.7. The summed E-state index contributed by atoms with van der Waals surface area (Å²) in [6.07, 6.45) is 3.21. The third-order valence-corrected chi connectivity index (χ3v) is 5.19. The lowest BCUT2D eigenvalue weighted by Crippen LogP contribution is -2.07. The van der Waals surface area contributed by atoms with Crippen molar-refractivity contribution in [2.75, 3.05) is 12.1 Å². The van der Waals surface area contributed by atoms with Gasteiger partial charge in [-0.05, 0) is 35.3 Å². The molecule has 0 spiro atoms. The summed E-state index contributed by atoms with van der Waals surface area (Å²) in [5, 5.41) is 5.33. The van der Waals surface area contributed by atoms with Crippen LogP contribution in [0.4, 0.5) is 5.13 Å². The zero-order valence-electron chi connectivity index (χ0n) is 15.6. The van der Waals surface area contributed by atoms with Gasteiger partial charge >= 0.3 is 0 Å². The first kappa shape index (κ1) is 18.3. The van der Waals surface area contributed by atoms with Gasteiger partial charge in [0.15, 0.2) is 16.6 Å². The molecule has 0 saturated heterocycles. The highest BCUT2D eigenvalue weighted by molar-refractivity contribution is 7.14. The monoisotopic (exact) mass is 392 g/mol. The number of ether oxygens (including phenoxy) is 2. The number of thiazole rings is 1. The average Bonchev–Trinajstić information content (AvgIpc) is 3.35. The molecule has 1 aliphatic heterocycles. The minimum atomic E-state index is -0.228. The molecule has 0 unspecified atom stereocenters. The minimum Gasteiger partial charge on any atom is -0.454 e. The van der Waals surface area contributed by atoms with Crippen LogP contribution in [-0.2, 0) is 4.79 Å². The van der Waals surface area contributed by atoms with Crippen molar-refractivity contribution in [3.8, 4) is 22.8 Å². The molecule has 1 amide bonds. The molecule has 0 aliphatic carbocycles. The Balaban J connectivity index is 1.40. The Morgan fingerprint density at radius 2 is 1.93 bits per heavy atom. The summed E-state index contributed by atoms with van der Waals surface area (Å²) in [6.45, 7) is 4.57. The molecule has 0 radical (unpaired) electrons. The number of hydrogen-bond acceptors (Lipinski definition) is 5. The van der Waals surface area contributed by atoms with E-state index in [0.29, 0.717) is 16.8 Å². The molecule has 0 atom stereocenters. The zero-order chi connectivity index (χ0) is 19.5. The molecule has 5 nitrogen and oxygen atoms in total. The van der Waals surface area contributed by atoms with Crippen molar-refractivity contribution in [1.29, 1.82) is 0 Å². The first-order valence-corrected chi connectivity index (χ1v) is 9.91. The molecule has 1 N–H and O–H groups in total. The molecule has 142 valence electrons. The highest BCUT2D eigenvalue weighted by Gasteiger charge is 2.12. The van der Waals surface area contributed by atoms with Crippen molar-refractivity contribution in [3.05, 3.63) is 65.0 Å². The van der Waals surface area contributed by atoms with Gasteiger partial charge in [-0.25, -0.2) is 4.98 Å². The number of nitrogens with one attached hydrogen (secondary N) is 1. The predicted octanol–water partition coefficient (Wildman–Crippen LogP) is 5.31. The van der Waals surface area contributed by atoms with E-state index in [9.17, 15) is 4.79 Å². The van der Waals surface area contributed by atoms with Gasteiger partial charge in [0.1, 0.15) is 0 Å². The van der Waals surface area contributed by atoms with Crippen molar-refractivity contribution in [1.82, 2.24) is 4.98 Å². The van der Waals surface area contributed by atoms with E-state index >= 15 is 0 Å². The van der Waals surface area contributed by atoms with Gasteiger partial charge in [0, 0.05) is 17.0 Å². The van der Waals surface area contributed by atoms with E-state index in [1.807, 2.05) is 23.6 Å². The van der Waals surface area contributed by atoms with E-state index < -0.39 is 0 Å². The van der Waals surface area contributed by atoms with Crippen molar-refractivity contribution < 1.29 is 14.3 Å². The fourth-order valence-corrected chi connectivity index (χ4v) is 3.56. The van der Waals surface area contributed by atoms with Crippen LogP contribution in [0.1, 0.15) is 30.9 Å². The van der Waals surface area contributed by atoms with E-state index in [-0.39, 0.29) is 12.7 Å². The van der Waals surface area contributed by atoms with E-state index in [1.165, 1.54) is 23.0 Å². The Kier molecular flexibility index (Phi) is 5.12. The lowest BCUT2D eigenvalue weighted by atomic mass is 10.0. The summed E-state index contributed by atoms with van der Waals surface area (Å²) >= 11 is 1.41.